The van der Waals surface area contributed by atoms with E-state index in [1.54, 1.807) is 10.9 Å². The van der Waals surface area contributed by atoms with Crippen molar-refractivity contribution in [3.63, 3.8) is 0 Å². The van der Waals surface area contributed by atoms with Gasteiger partial charge in [0.25, 0.3) is 5.91 Å². The Balaban J connectivity index is 1.70. The molecule has 0 aliphatic heterocycles. The second-order valence-corrected chi connectivity index (χ2v) is 6.45. The van der Waals surface area contributed by atoms with E-state index < -0.39 is 11.9 Å². The van der Waals surface area contributed by atoms with E-state index in [1.807, 2.05) is 31.2 Å². The molecule has 0 spiro atoms. The fourth-order valence-corrected chi connectivity index (χ4v) is 2.72. The van der Waals surface area contributed by atoms with E-state index in [0.717, 1.165) is 5.56 Å². The van der Waals surface area contributed by atoms with E-state index in [2.05, 4.69) is 15.5 Å². The lowest BCUT2D eigenvalue weighted by atomic mass is 10.1. The predicted octanol–water partition coefficient (Wildman–Crippen LogP) is 2.82. The van der Waals surface area contributed by atoms with E-state index in [1.165, 1.54) is 22.5 Å². The molecule has 9 heteroatoms. The number of nitrogens with zero attached hydrogens (tertiary/aromatic N) is 4. The van der Waals surface area contributed by atoms with Gasteiger partial charge in [-0.2, -0.15) is 10.2 Å². The number of aryl methyl sites for hydroxylation is 2. The first kappa shape index (κ1) is 18.7. The topological polar surface area (TPSA) is 102 Å². The van der Waals surface area contributed by atoms with Crippen molar-refractivity contribution in [2.45, 2.75) is 26.4 Å². The van der Waals surface area contributed by atoms with E-state index in [0.29, 0.717) is 11.6 Å². The zero-order valence-electron chi connectivity index (χ0n) is 14.6. The molecule has 0 saturated carbocycles. The molecule has 3 rings (SSSR count). The standard InChI is InChI=1S/C18H18ClN5O3/c1-12-2-4-13(5-3-12)10-23-11-14(19)17(22-23)21-18(27)15-6-8-20-24(15)9-7-16(25)26/h2-6,8,11H,7,9-10H2,1H3,(H,25,26)(H,21,22,27). The molecule has 2 N–H and O–H groups in total. The number of rotatable bonds is 7. The number of halogens is 1. The zero-order valence-corrected chi connectivity index (χ0v) is 15.3. The van der Waals surface area contributed by atoms with Crippen LogP contribution in [0.25, 0.3) is 0 Å². The van der Waals surface area contributed by atoms with Gasteiger partial charge in [-0.15, -0.1) is 0 Å². The molecule has 8 nitrogen and oxygen atoms in total. The van der Waals surface area contributed by atoms with Crippen LogP contribution in [0.1, 0.15) is 28.0 Å². The fraction of sp³-hybridized carbons (Fsp3) is 0.222. The molecule has 0 aliphatic rings. The number of carbonyl (C=O) groups is 2. The van der Waals surface area contributed by atoms with Crippen LogP contribution in [0.5, 0.6) is 0 Å². The molecule has 0 saturated heterocycles. The van der Waals surface area contributed by atoms with Gasteiger partial charge in [-0.1, -0.05) is 41.4 Å². The van der Waals surface area contributed by atoms with Gasteiger partial charge in [-0.25, -0.2) is 0 Å². The van der Waals surface area contributed by atoms with Crippen LogP contribution in [0.3, 0.4) is 0 Å². The van der Waals surface area contributed by atoms with Gasteiger partial charge < -0.3 is 10.4 Å². The average Bonchev–Trinajstić information content (AvgIpc) is 3.22. The van der Waals surface area contributed by atoms with E-state index in [9.17, 15) is 9.59 Å². The maximum atomic E-state index is 12.5. The minimum absolute atomic E-state index is 0.0979. The Morgan fingerprint density at radius 1 is 1.22 bits per heavy atom. The zero-order chi connectivity index (χ0) is 19.4. The van der Waals surface area contributed by atoms with Crippen LogP contribution in [0.2, 0.25) is 5.02 Å². The average molecular weight is 388 g/mol. The summed E-state index contributed by atoms with van der Waals surface area (Å²) in [5.74, 6) is -1.19. The number of carbonyl (C=O) groups excluding carboxylic acids is 1. The molecule has 0 unspecified atom stereocenters. The van der Waals surface area contributed by atoms with Gasteiger partial charge in [0.05, 0.1) is 19.5 Å². The highest BCUT2D eigenvalue weighted by molar-refractivity contribution is 6.33. The minimum Gasteiger partial charge on any atom is -0.481 e. The second kappa shape index (κ2) is 8.05. The maximum Gasteiger partial charge on any atom is 0.305 e. The summed E-state index contributed by atoms with van der Waals surface area (Å²) in [4.78, 5) is 23.2. The number of anilines is 1. The largest absolute Gasteiger partial charge is 0.481 e. The van der Waals surface area contributed by atoms with E-state index >= 15 is 0 Å². The van der Waals surface area contributed by atoms with Gasteiger partial charge in [0, 0.05) is 12.4 Å². The number of aromatic nitrogens is 4. The van der Waals surface area contributed by atoms with Gasteiger partial charge >= 0.3 is 5.97 Å². The third-order valence-corrected chi connectivity index (χ3v) is 4.18. The van der Waals surface area contributed by atoms with Crippen molar-refractivity contribution in [2.75, 3.05) is 5.32 Å². The van der Waals surface area contributed by atoms with Crippen LogP contribution in [0.4, 0.5) is 5.82 Å². The highest BCUT2D eigenvalue weighted by Gasteiger charge is 2.16. The van der Waals surface area contributed by atoms with Crippen LogP contribution in [0, 0.1) is 6.92 Å². The van der Waals surface area contributed by atoms with Gasteiger partial charge in [0.15, 0.2) is 5.82 Å². The molecule has 0 aliphatic carbocycles. The molecule has 0 fully saturated rings. The van der Waals surface area contributed by atoms with Crippen molar-refractivity contribution in [1.29, 1.82) is 0 Å². The van der Waals surface area contributed by atoms with Crippen molar-refractivity contribution in [3.8, 4) is 0 Å². The van der Waals surface area contributed by atoms with Crippen LogP contribution in [-0.4, -0.2) is 36.5 Å². The number of aliphatic carboxylic acids is 1. The predicted molar refractivity (Wildman–Crippen MR) is 100.0 cm³/mol. The molecule has 2 heterocycles. The number of benzene rings is 1. The summed E-state index contributed by atoms with van der Waals surface area (Å²) in [6.45, 7) is 2.64. The van der Waals surface area contributed by atoms with Gasteiger partial charge in [-0.3, -0.25) is 19.0 Å². The lowest BCUT2D eigenvalue weighted by Gasteiger charge is -2.06. The third-order valence-electron chi connectivity index (χ3n) is 3.90. The Hall–Kier alpha value is -3.13. The maximum absolute atomic E-state index is 12.5. The normalized spacial score (nSPS) is 10.7. The van der Waals surface area contributed by atoms with Crippen LogP contribution >= 0.6 is 11.6 Å². The summed E-state index contributed by atoms with van der Waals surface area (Å²) in [6, 6.07) is 9.55. The van der Waals surface area contributed by atoms with Crippen molar-refractivity contribution >= 4 is 29.3 Å². The van der Waals surface area contributed by atoms with Crippen LogP contribution in [-0.2, 0) is 17.9 Å². The minimum atomic E-state index is -0.963. The summed E-state index contributed by atoms with van der Waals surface area (Å²) in [5, 5.41) is 20.0. The number of amides is 1. The molecular weight excluding hydrogens is 370 g/mol. The van der Waals surface area contributed by atoms with Crippen LogP contribution < -0.4 is 5.32 Å². The molecule has 0 bridgehead atoms. The summed E-state index contributed by atoms with van der Waals surface area (Å²) >= 11 is 6.19. The number of nitrogens with one attached hydrogen (secondary N) is 1. The molecule has 27 heavy (non-hydrogen) atoms. The summed E-state index contributed by atoms with van der Waals surface area (Å²) in [7, 11) is 0. The van der Waals surface area contributed by atoms with Crippen LogP contribution in [0.15, 0.2) is 42.7 Å². The van der Waals surface area contributed by atoms with Gasteiger partial charge in [0.2, 0.25) is 0 Å². The molecule has 3 aromatic rings. The Bertz CT molecular complexity index is 962. The first-order valence-corrected chi connectivity index (χ1v) is 8.63. The number of carboxylic acid groups (broad SMARTS) is 1. The molecule has 0 radical (unpaired) electrons. The Kier molecular flexibility index (Phi) is 5.56. The monoisotopic (exact) mass is 387 g/mol. The van der Waals surface area contributed by atoms with Crippen molar-refractivity contribution in [2.24, 2.45) is 0 Å². The van der Waals surface area contributed by atoms with E-state index in [-0.39, 0.29) is 24.5 Å². The first-order valence-electron chi connectivity index (χ1n) is 8.26. The quantitative estimate of drug-likeness (QED) is 0.649. The number of carboxylic acids is 1. The van der Waals surface area contributed by atoms with Crippen molar-refractivity contribution < 1.29 is 14.7 Å². The van der Waals surface area contributed by atoms with Gasteiger partial charge in [0.1, 0.15) is 10.7 Å². The Labute approximate surface area is 160 Å². The lowest BCUT2D eigenvalue weighted by molar-refractivity contribution is -0.137. The fourth-order valence-electron chi connectivity index (χ4n) is 2.52. The Morgan fingerprint density at radius 3 is 2.67 bits per heavy atom. The highest BCUT2D eigenvalue weighted by atomic mass is 35.5. The molecule has 1 aromatic carbocycles. The van der Waals surface area contributed by atoms with Crippen molar-refractivity contribution in [3.05, 3.63) is 64.6 Å². The number of hydrogen-bond acceptors (Lipinski definition) is 4. The van der Waals surface area contributed by atoms with E-state index in [4.69, 9.17) is 16.7 Å². The molecule has 2 aromatic heterocycles. The molecule has 140 valence electrons. The molecule has 1 amide bonds. The Morgan fingerprint density at radius 2 is 1.96 bits per heavy atom. The first-order chi connectivity index (χ1) is 12.9. The smallest absolute Gasteiger partial charge is 0.305 e. The highest BCUT2D eigenvalue weighted by Crippen LogP contribution is 2.21. The SMILES string of the molecule is Cc1ccc(Cn2cc(Cl)c(NC(=O)c3ccnn3CCC(=O)O)n2)cc1. The molecular formula is C18H18ClN5O3. The molecule has 0 atom stereocenters. The summed E-state index contributed by atoms with van der Waals surface area (Å²) in [6.07, 6.45) is 2.95. The third kappa shape index (κ3) is 4.73. The van der Waals surface area contributed by atoms with Gasteiger partial charge in [-0.05, 0) is 18.6 Å². The second-order valence-electron chi connectivity index (χ2n) is 6.05. The van der Waals surface area contributed by atoms with Crippen molar-refractivity contribution in [1.82, 2.24) is 19.6 Å². The summed E-state index contributed by atoms with van der Waals surface area (Å²) in [5.41, 5.74) is 2.47. The lowest BCUT2D eigenvalue weighted by Crippen LogP contribution is -2.19. The number of hydrogen-bond donors (Lipinski definition) is 2. The summed E-state index contributed by atoms with van der Waals surface area (Å²) < 4.78 is 2.98.